The molecule has 1 heterocycles. The molecule has 19 heavy (non-hydrogen) atoms. The second-order valence-corrected chi connectivity index (χ2v) is 8.12. The summed E-state index contributed by atoms with van der Waals surface area (Å²) in [5.74, 6) is 1.20. The number of carbonyl (C=O) groups is 1. The smallest absolute Gasteiger partial charge is 0.314 e. The maximum atomic E-state index is 11.7. The van der Waals surface area contributed by atoms with Crippen molar-refractivity contribution in [2.45, 2.75) is 51.2 Å². The van der Waals surface area contributed by atoms with E-state index in [2.05, 4.69) is 17.6 Å². The van der Waals surface area contributed by atoms with Gasteiger partial charge in [0.2, 0.25) is 0 Å². The molecule has 3 N–H and O–H groups in total. The van der Waals surface area contributed by atoms with Gasteiger partial charge in [0.1, 0.15) is 0 Å². The molecule has 0 aliphatic carbocycles. The number of amides is 2. The summed E-state index contributed by atoms with van der Waals surface area (Å²) in [6.07, 6.45) is 4.24. The average molecular weight is 288 g/mol. The van der Waals surface area contributed by atoms with Crippen molar-refractivity contribution in [2.24, 2.45) is 5.41 Å². The molecular weight excluding hydrogens is 260 g/mol. The van der Waals surface area contributed by atoms with E-state index in [0.717, 1.165) is 19.4 Å². The fraction of sp³-hybridized carbons (Fsp3) is 0.929. The summed E-state index contributed by atoms with van der Waals surface area (Å²) in [6.45, 7) is 7.88. The Morgan fingerprint density at radius 3 is 2.74 bits per heavy atom. The van der Waals surface area contributed by atoms with Crippen molar-refractivity contribution < 1.29 is 9.90 Å². The van der Waals surface area contributed by atoms with E-state index in [9.17, 15) is 4.79 Å². The van der Waals surface area contributed by atoms with Gasteiger partial charge in [0, 0.05) is 24.4 Å². The van der Waals surface area contributed by atoms with E-state index >= 15 is 0 Å². The number of hydrogen-bond acceptors (Lipinski definition) is 3. The molecule has 0 aromatic carbocycles. The molecule has 0 aromatic rings. The van der Waals surface area contributed by atoms with E-state index in [1.54, 1.807) is 0 Å². The normalized spacial score (nSPS) is 23.4. The Morgan fingerprint density at radius 1 is 1.42 bits per heavy atom. The molecule has 0 radical (unpaired) electrons. The summed E-state index contributed by atoms with van der Waals surface area (Å²) < 4.78 is 0.218. The first-order valence-electron chi connectivity index (χ1n) is 7.13. The maximum absolute atomic E-state index is 11.7. The molecule has 1 saturated heterocycles. The minimum absolute atomic E-state index is 0.0495. The fourth-order valence-electron chi connectivity index (χ4n) is 2.15. The standard InChI is InChI=1S/C14H28N2O2S/c1-13(2,11-17)6-4-8-15-12(18)16-10-14(3)7-5-9-19-14/h17H,4-11H2,1-3H3,(H2,15,16,18)/t14-/m1/s1. The van der Waals surface area contributed by atoms with Crippen LogP contribution in [0.25, 0.3) is 0 Å². The van der Waals surface area contributed by atoms with Gasteiger partial charge in [-0.15, -0.1) is 0 Å². The Labute approximate surface area is 121 Å². The van der Waals surface area contributed by atoms with Crippen LogP contribution in [-0.4, -0.2) is 41.3 Å². The van der Waals surface area contributed by atoms with E-state index in [1.165, 1.54) is 18.6 Å². The summed E-state index contributed by atoms with van der Waals surface area (Å²) >= 11 is 1.95. The number of nitrogens with one attached hydrogen (secondary N) is 2. The Balaban J connectivity index is 2.08. The monoisotopic (exact) mass is 288 g/mol. The fourth-order valence-corrected chi connectivity index (χ4v) is 3.40. The molecule has 0 unspecified atom stereocenters. The predicted octanol–water partition coefficient (Wildman–Crippen LogP) is 2.37. The lowest BCUT2D eigenvalue weighted by Gasteiger charge is -2.23. The molecule has 4 nitrogen and oxygen atoms in total. The van der Waals surface area contributed by atoms with Crippen LogP contribution in [0.1, 0.15) is 46.5 Å². The van der Waals surface area contributed by atoms with Crippen molar-refractivity contribution in [3.8, 4) is 0 Å². The van der Waals surface area contributed by atoms with Gasteiger partial charge in [-0.25, -0.2) is 4.79 Å². The van der Waals surface area contributed by atoms with Gasteiger partial charge in [-0.1, -0.05) is 13.8 Å². The van der Waals surface area contributed by atoms with E-state index in [0.29, 0.717) is 6.54 Å². The molecule has 0 aromatic heterocycles. The Morgan fingerprint density at radius 2 is 2.16 bits per heavy atom. The molecule has 0 saturated carbocycles. The first-order chi connectivity index (χ1) is 8.87. The van der Waals surface area contributed by atoms with Gasteiger partial charge in [0.25, 0.3) is 0 Å². The van der Waals surface area contributed by atoms with E-state index in [-0.39, 0.29) is 22.8 Å². The predicted molar refractivity (Wildman–Crippen MR) is 81.6 cm³/mol. The van der Waals surface area contributed by atoms with Gasteiger partial charge >= 0.3 is 6.03 Å². The largest absolute Gasteiger partial charge is 0.396 e. The van der Waals surface area contributed by atoms with Crippen LogP contribution in [-0.2, 0) is 0 Å². The zero-order valence-electron chi connectivity index (χ0n) is 12.4. The summed E-state index contributed by atoms with van der Waals surface area (Å²) in [6, 6.07) is -0.0736. The maximum Gasteiger partial charge on any atom is 0.314 e. The van der Waals surface area contributed by atoms with Gasteiger partial charge in [-0.3, -0.25) is 0 Å². The summed E-state index contributed by atoms with van der Waals surface area (Å²) in [4.78, 5) is 11.7. The summed E-state index contributed by atoms with van der Waals surface area (Å²) in [5, 5.41) is 15.0. The quantitative estimate of drug-likeness (QED) is 0.630. The SMILES string of the molecule is CC(C)(CO)CCCNC(=O)NC[C@@]1(C)CCCS1. The third kappa shape index (κ3) is 6.52. The number of carbonyl (C=O) groups excluding carboxylic acids is 1. The molecule has 1 atom stereocenters. The van der Waals surface area contributed by atoms with Crippen LogP contribution in [0.2, 0.25) is 0 Å². The van der Waals surface area contributed by atoms with Crippen molar-refractivity contribution in [1.29, 1.82) is 0 Å². The highest BCUT2D eigenvalue weighted by Crippen LogP contribution is 2.36. The van der Waals surface area contributed by atoms with Crippen molar-refractivity contribution in [3.05, 3.63) is 0 Å². The number of urea groups is 1. The molecule has 0 spiro atoms. The van der Waals surface area contributed by atoms with Gasteiger partial charge in [0.15, 0.2) is 0 Å². The third-order valence-corrected chi connectivity index (χ3v) is 5.21. The molecular formula is C14H28N2O2S. The number of aliphatic hydroxyl groups excluding tert-OH is 1. The lowest BCUT2D eigenvalue weighted by molar-refractivity contribution is 0.148. The molecule has 1 rings (SSSR count). The molecule has 1 fully saturated rings. The van der Waals surface area contributed by atoms with Gasteiger partial charge in [-0.2, -0.15) is 11.8 Å². The van der Waals surface area contributed by atoms with E-state index in [1.807, 2.05) is 25.6 Å². The van der Waals surface area contributed by atoms with Crippen LogP contribution in [0.5, 0.6) is 0 Å². The summed E-state index contributed by atoms with van der Waals surface area (Å²) in [5.41, 5.74) is -0.0495. The van der Waals surface area contributed by atoms with Crippen molar-refractivity contribution >= 4 is 17.8 Å². The minimum Gasteiger partial charge on any atom is -0.396 e. The molecule has 2 amide bonds. The summed E-state index contributed by atoms with van der Waals surface area (Å²) in [7, 11) is 0. The molecule has 112 valence electrons. The van der Waals surface area contributed by atoms with Crippen LogP contribution < -0.4 is 10.6 Å². The van der Waals surface area contributed by atoms with Crippen LogP contribution in [0.3, 0.4) is 0 Å². The molecule has 1 aliphatic heterocycles. The minimum atomic E-state index is -0.0736. The molecule has 0 bridgehead atoms. The Hall–Kier alpha value is -0.420. The average Bonchev–Trinajstić information content (AvgIpc) is 2.80. The van der Waals surface area contributed by atoms with Crippen LogP contribution in [0.15, 0.2) is 0 Å². The number of rotatable bonds is 7. The van der Waals surface area contributed by atoms with Gasteiger partial charge < -0.3 is 15.7 Å². The van der Waals surface area contributed by atoms with Crippen LogP contribution in [0, 0.1) is 5.41 Å². The second-order valence-electron chi connectivity index (χ2n) is 6.44. The number of thioether (sulfide) groups is 1. The van der Waals surface area contributed by atoms with Gasteiger partial charge in [-0.05, 0) is 43.8 Å². The first-order valence-corrected chi connectivity index (χ1v) is 8.12. The van der Waals surface area contributed by atoms with Crippen LogP contribution >= 0.6 is 11.8 Å². The molecule has 1 aliphatic rings. The number of hydrogen-bond donors (Lipinski definition) is 3. The first kappa shape index (κ1) is 16.6. The molecule has 5 heteroatoms. The lowest BCUT2D eigenvalue weighted by Crippen LogP contribution is -2.42. The second kappa shape index (κ2) is 7.39. The highest BCUT2D eigenvalue weighted by atomic mass is 32.2. The zero-order valence-corrected chi connectivity index (χ0v) is 13.2. The van der Waals surface area contributed by atoms with E-state index < -0.39 is 0 Å². The van der Waals surface area contributed by atoms with Crippen molar-refractivity contribution in [1.82, 2.24) is 10.6 Å². The van der Waals surface area contributed by atoms with Crippen LogP contribution in [0.4, 0.5) is 4.79 Å². The van der Waals surface area contributed by atoms with Gasteiger partial charge in [0.05, 0.1) is 0 Å². The topological polar surface area (TPSA) is 61.4 Å². The highest BCUT2D eigenvalue weighted by Gasteiger charge is 2.29. The highest BCUT2D eigenvalue weighted by molar-refractivity contribution is 8.00. The van der Waals surface area contributed by atoms with Crippen molar-refractivity contribution in [2.75, 3.05) is 25.4 Å². The Kier molecular flexibility index (Phi) is 6.47. The number of aliphatic hydroxyl groups is 1. The third-order valence-electron chi connectivity index (χ3n) is 3.67. The van der Waals surface area contributed by atoms with E-state index in [4.69, 9.17) is 5.11 Å². The lowest BCUT2D eigenvalue weighted by atomic mass is 9.89. The van der Waals surface area contributed by atoms with Crippen molar-refractivity contribution in [3.63, 3.8) is 0 Å². The Bertz CT molecular complexity index is 289. The zero-order chi connectivity index (χ0) is 14.4.